The summed E-state index contributed by atoms with van der Waals surface area (Å²) in [6.45, 7) is 1.78. The number of hydrogen-bond acceptors (Lipinski definition) is 4. The number of nitrogens with one attached hydrogen (secondary N) is 1. The highest BCUT2D eigenvalue weighted by molar-refractivity contribution is 5.81. The fourth-order valence-electron chi connectivity index (χ4n) is 2.05. The third-order valence-electron chi connectivity index (χ3n) is 3.00. The van der Waals surface area contributed by atoms with E-state index in [2.05, 4.69) is 10.2 Å². The lowest BCUT2D eigenvalue weighted by Gasteiger charge is -2.12. The molecule has 0 fully saturated rings. The molecule has 6 heteroatoms. The normalized spacial score (nSPS) is 9.85. The van der Waals surface area contributed by atoms with Crippen molar-refractivity contribution in [1.29, 1.82) is 5.26 Å². The van der Waals surface area contributed by atoms with Crippen LogP contribution in [0.15, 0.2) is 30.3 Å². The Morgan fingerprint density at radius 3 is 2.60 bits per heavy atom. The maximum absolute atomic E-state index is 11.4. The Morgan fingerprint density at radius 2 is 2.05 bits per heavy atom. The Bertz CT molecular complexity index is 683. The highest BCUT2D eigenvalue weighted by atomic mass is 16.5. The topological polar surface area (TPSA) is 93.1 Å². The standard InChI is InChI=1S/C14H14N4O2/c1-9-11(8-15)13(16)18(17-14(19)20-2)12(9)10-6-4-3-5-7-10/h3-7H,16H2,1-2H3,(H,17,19). The second-order valence-electron chi connectivity index (χ2n) is 4.15. The average Bonchev–Trinajstić information content (AvgIpc) is 2.70. The number of nitrogen functional groups attached to an aromatic ring is 1. The van der Waals surface area contributed by atoms with Crippen molar-refractivity contribution in [2.75, 3.05) is 18.3 Å². The Kier molecular flexibility index (Phi) is 3.62. The molecular formula is C14H14N4O2. The lowest BCUT2D eigenvalue weighted by molar-refractivity contribution is 0.183. The van der Waals surface area contributed by atoms with Gasteiger partial charge < -0.3 is 10.5 Å². The van der Waals surface area contributed by atoms with Crippen LogP contribution in [0.2, 0.25) is 0 Å². The van der Waals surface area contributed by atoms with Crippen LogP contribution in [0.1, 0.15) is 11.1 Å². The molecule has 1 heterocycles. The third-order valence-corrected chi connectivity index (χ3v) is 3.00. The molecule has 6 nitrogen and oxygen atoms in total. The van der Waals surface area contributed by atoms with Gasteiger partial charge in [0.25, 0.3) is 0 Å². The maximum Gasteiger partial charge on any atom is 0.426 e. The van der Waals surface area contributed by atoms with E-state index in [9.17, 15) is 10.1 Å². The summed E-state index contributed by atoms with van der Waals surface area (Å²) in [5.74, 6) is 0.175. The predicted octanol–water partition coefficient (Wildman–Crippen LogP) is 2.23. The number of hydrogen-bond donors (Lipinski definition) is 2. The minimum absolute atomic E-state index is 0.175. The molecule has 1 aromatic heterocycles. The molecule has 2 rings (SSSR count). The fraction of sp³-hybridized carbons (Fsp3) is 0.143. The van der Waals surface area contributed by atoms with Crippen molar-refractivity contribution in [1.82, 2.24) is 4.68 Å². The summed E-state index contributed by atoms with van der Waals surface area (Å²) in [5.41, 5.74) is 11.0. The van der Waals surface area contributed by atoms with Gasteiger partial charge in [-0.05, 0) is 12.5 Å². The van der Waals surface area contributed by atoms with Crippen LogP contribution in [-0.2, 0) is 4.74 Å². The number of aromatic nitrogens is 1. The molecule has 2 aromatic rings. The number of carbonyl (C=O) groups is 1. The lowest BCUT2D eigenvalue weighted by atomic mass is 10.1. The number of ether oxygens (including phenoxy) is 1. The van der Waals surface area contributed by atoms with Crippen molar-refractivity contribution in [3.05, 3.63) is 41.5 Å². The number of nitrogens with zero attached hydrogens (tertiary/aromatic N) is 2. The summed E-state index contributed by atoms with van der Waals surface area (Å²) in [6, 6.07) is 11.4. The van der Waals surface area contributed by atoms with E-state index in [1.807, 2.05) is 36.4 Å². The van der Waals surface area contributed by atoms with Gasteiger partial charge in [-0.2, -0.15) is 5.26 Å². The Morgan fingerprint density at radius 1 is 1.40 bits per heavy atom. The van der Waals surface area contributed by atoms with Gasteiger partial charge in [0.1, 0.15) is 11.9 Å². The van der Waals surface area contributed by atoms with Gasteiger partial charge in [0.15, 0.2) is 0 Å². The molecule has 102 valence electrons. The lowest BCUT2D eigenvalue weighted by Crippen LogP contribution is -2.24. The summed E-state index contributed by atoms with van der Waals surface area (Å²) in [4.78, 5) is 11.4. The summed E-state index contributed by atoms with van der Waals surface area (Å²) in [6.07, 6.45) is -0.659. The van der Waals surface area contributed by atoms with Gasteiger partial charge in [-0.3, -0.25) is 0 Å². The zero-order chi connectivity index (χ0) is 14.7. The van der Waals surface area contributed by atoms with Gasteiger partial charge in [-0.1, -0.05) is 30.3 Å². The number of nitriles is 1. The molecule has 0 bridgehead atoms. The van der Waals surface area contributed by atoms with Gasteiger partial charge >= 0.3 is 6.09 Å². The van der Waals surface area contributed by atoms with Crippen LogP contribution < -0.4 is 11.2 Å². The number of anilines is 1. The minimum Gasteiger partial charge on any atom is -0.452 e. The first-order chi connectivity index (χ1) is 9.60. The molecule has 0 aliphatic carbocycles. The number of amides is 1. The summed E-state index contributed by atoms with van der Waals surface area (Å²) >= 11 is 0. The van der Waals surface area contributed by atoms with Crippen LogP contribution in [0.5, 0.6) is 0 Å². The quantitative estimate of drug-likeness (QED) is 0.875. The van der Waals surface area contributed by atoms with Gasteiger partial charge in [0, 0.05) is 5.56 Å². The van der Waals surface area contributed by atoms with Gasteiger partial charge in [-0.25, -0.2) is 14.9 Å². The molecule has 1 aromatic carbocycles. The van der Waals surface area contributed by atoms with Gasteiger partial charge in [0.05, 0.1) is 18.4 Å². The molecule has 0 unspecified atom stereocenters. The summed E-state index contributed by atoms with van der Waals surface area (Å²) in [5, 5.41) is 9.19. The first-order valence-electron chi connectivity index (χ1n) is 5.91. The second-order valence-corrected chi connectivity index (χ2v) is 4.15. The number of benzene rings is 1. The zero-order valence-corrected chi connectivity index (χ0v) is 11.2. The zero-order valence-electron chi connectivity index (χ0n) is 11.2. The Hall–Kier alpha value is -2.94. The second kappa shape index (κ2) is 5.36. The molecule has 3 N–H and O–H groups in total. The monoisotopic (exact) mass is 270 g/mol. The van der Waals surface area contributed by atoms with Gasteiger partial charge in [0.2, 0.25) is 0 Å². The molecule has 0 aliphatic heterocycles. The molecule has 0 saturated carbocycles. The number of methoxy groups -OCH3 is 1. The third kappa shape index (κ3) is 2.17. The van der Waals surface area contributed by atoms with Crippen molar-refractivity contribution in [2.45, 2.75) is 6.92 Å². The molecule has 0 aliphatic rings. The van der Waals surface area contributed by atoms with E-state index in [4.69, 9.17) is 5.73 Å². The fourth-order valence-corrected chi connectivity index (χ4v) is 2.05. The van der Waals surface area contributed by atoms with Gasteiger partial charge in [-0.15, -0.1) is 0 Å². The van der Waals surface area contributed by atoms with Crippen molar-refractivity contribution >= 4 is 11.9 Å². The molecule has 20 heavy (non-hydrogen) atoms. The van der Waals surface area contributed by atoms with E-state index in [0.29, 0.717) is 16.8 Å². The van der Waals surface area contributed by atoms with Crippen molar-refractivity contribution in [2.24, 2.45) is 0 Å². The van der Waals surface area contributed by atoms with Crippen LogP contribution in [0.4, 0.5) is 10.6 Å². The molecule has 0 spiro atoms. The van der Waals surface area contributed by atoms with Crippen LogP contribution in [-0.4, -0.2) is 17.9 Å². The highest BCUT2D eigenvalue weighted by Crippen LogP contribution is 2.31. The molecule has 1 amide bonds. The number of carbonyl (C=O) groups excluding carboxylic acids is 1. The molecule has 0 radical (unpaired) electrons. The SMILES string of the molecule is COC(=O)Nn1c(N)c(C#N)c(C)c1-c1ccccc1. The number of rotatable bonds is 2. The molecular weight excluding hydrogens is 256 g/mol. The Labute approximate surface area is 116 Å². The summed E-state index contributed by atoms with van der Waals surface area (Å²) in [7, 11) is 1.26. The van der Waals surface area contributed by atoms with Crippen LogP contribution in [0.25, 0.3) is 11.3 Å². The molecule has 0 saturated heterocycles. The predicted molar refractivity (Wildman–Crippen MR) is 75.5 cm³/mol. The van der Waals surface area contributed by atoms with Crippen molar-refractivity contribution < 1.29 is 9.53 Å². The van der Waals surface area contributed by atoms with Crippen molar-refractivity contribution in [3.63, 3.8) is 0 Å². The van der Waals surface area contributed by atoms with Crippen molar-refractivity contribution in [3.8, 4) is 17.3 Å². The highest BCUT2D eigenvalue weighted by Gasteiger charge is 2.20. The molecule has 0 atom stereocenters. The van der Waals surface area contributed by atoms with Crippen LogP contribution in [0, 0.1) is 18.3 Å². The smallest absolute Gasteiger partial charge is 0.426 e. The minimum atomic E-state index is -0.659. The van der Waals surface area contributed by atoms with Crippen LogP contribution >= 0.6 is 0 Å². The van der Waals surface area contributed by atoms with E-state index in [-0.39, 0.29) is 5.82 Å². The number of nitrogens with two attached hydrogens (primary N) is 1. The van der Waals surface area contributed by atoms with E-state index >= 15 is 0 Å². The average molecular weight is 270 g/mol. The van der Waals surface area contributed by atoms with Crippen LogP contribution in [0.3, 0.4) is 0 Å². The van der Waals surface area contributed by atoms with E-state index in [1.54, 1.807) is 6.92 Å². The summed E-state index contributed by atoms with van der Waals surface area (Å²) < 4.78 is 5.94. The maximum atomic E-state index is 11.4. The van der Waals surface area contributed by atoms with E-state index in [1.165, 1.54) is 11.8 Å². The largest absolute Gasteiger partial charge is 0.452 e. The first kappa shape index (κ1) is 13.5. The van der Waals surface area contributed by atoms with E-state index < -0.39 is 6.09 Å². The Balaban J connectivity index is 2.66. The first-order valence-corrected chi connectivity index (χ1v) is 5.91. The van der Waals surface area contributed by atoms with E-state index in [0.717, 1.165) is 5.56 Å².